The molecule has 0 saturated heterocycles. The highest BCUT2D eigenvalue weighted by Crippen LogP contribution is 2.42. The van der Waals surface area contributed by atoms with Crippen molar-refractivity contribution in [3.8, 4) is 28.7 Å². The molecule has 0 aromatic heterocycles. The number of para-hydroxylation sites is 2. The highest BCUT2D eigenvalue weighted by atomic mass is 16.6. The van der Waals surface area contributed by atoms with Gasteiger partial charge in [0.25, 0.3) is 0 Å². The Bertz CT molecular complexity index is 840. The van der Waals surface area contributed by atoms with Crippen LogP contribution in [0.1, 0.15) is 17.5 Å². The van der Waals surface area contributed by atoms with Crippen molar-refractivity contribution in [1.29, 1.82) is 0 Å². The normalized spacial score (nSPS) is 18.5. The molecule has 0 fully saturated rings. The van der Waals surface area contributed by atoms with Crippen molar-refractivity contribution in [2.45, 2.75) is 31.5 Å². The Kier molecular flexibility index (Phi) is 5.45. The fourth-order valence-electron chi connectivity index (χ4n) is 3.66. The molecule has 0 bridgehead atoms. The van der Waals surface area contributed by atoms with Gasteiger partial charge in [-0.25, -0.2) is 0 Å². The van der Waals surface area contributed by atoms with Crippen LogP contribution in [-0.4, -0.2) is 53.8 Å². The van der Waals surface area contributed by atoms with Gasteiger partial charge < -0.3 is 34.8 Å². The molecule has 0 spiro atoms. The second kappa shape index (κ2) is 8.16. The van der Waals surface area contributed by atoms with E-state index in [9.17, 15) is 15.3 Å². The number of benzene rings is 2. The Labute approximate surface area is 163 Å². The summed E-state index contributed by atoms with van der Waals surface area (Å²) in [6.45, 7) is 1.43. The summed E-state index contributed by atoms with van der Waals surface area (Å²) in [4.78, 5) is 0. The molecular formula is C21H25NO6. The molecule has 4 rings (SSSR count). The maximum atomic E-state index is 10.2. The van der Waals surface area contributed by atoms with Crippen LogP contribution in [0.15, 0.2) is 30.3 Å². The lowest BCUT2D eigenvalue weighted by atomic mass is 10.1. The number of hydrogen-bond acceptors (Lipinski definition) is 7. The van der Waals surface area contributed by atoms with E-state index in [4.69, 9.17) is 14.2 Å². The van der Waals surface area contributed by atoms with Gasteiger partial charge >= 0.3 is 0 Å². The first-order valence-corrected chi connectivity index (χ1v) is 9.58. The van der Waals surface area contributed by atoms with Crippen molar-refractivity contribution >= 4 is 0 Å². The van der Waals surface area contributed by atoms with Gasteiger partial charge in [-0.3, -0.25) is 0 Å². The highest BCUT2D eigenvalue weighted by Gasteiger charge is 2.23. The van der Waals surface area contributed by atoms with Crippen LogP contribution >= 0.6 is 0 Å². The van der Waals surface area contributed by atoms with Crippen molar-refractivity contribution in [1.82, 2.24) is 5.32 Å². The van der Waals surface area contributed by atoms with Crippen LogP contribution < -0.4 is 19.5 Å². The topological polar surface area (TPSA) is 100 Å². The average Bonchev–Trinajstić information content (AvgIpc) is 3.20. The predicted molar refractivity (Wildman–Crippen MR) is 103 cm³/mol. The largest absolute Gasteiger partial charge is 0.504 e. The van der Waals surface area contributed by atoms with E-state index in [1.165, 1.54) is 6.07 Å². The van der Waals surface area contributed by atoms with E-state index >= 15 is 0 Å². The molecule has 0 saturated carbocycles. The first kappa shape index (κ1) is 18.7. The molecule has 2 atom stereocenters. The van der Waals surface area contributed by atoms with E-state index in [2.05, 4.69) is 5.32 Å². The van der Waals surface area contributed by atoms with Crippen LogP contribution in [0.4, 0.5) is 0 Å². The quantitative estimate of drug-likeness (QED) is 0.537. The molecule has 28 heavy (non-hydrogen) atoms. The molecule has 150 valence electrons. The number of aliphatic hydroxyl groups is 1. The van der Waals surface area contributed by atoms with Crippen LogP contribution in [0.3, 0.4) is 0 Å². The summed E-state index contributed by atoms with van der Waals surface area (Å²) in [6.07, 6.45) is 1.60. The van der Waals surface area contributed by atoms with Gasteiger partial charge in [0.1, 0.15) is 31.2 Å². The molecule has 7 heteroatoms. The number of aromatic hydroxyl groups is 2. The lowest BCUT2D eigenvalue weighted by Crippen LogP contribution is -2.41. The Morgan fingerprint density at radius 2 is 1.93 bits per heavy atom. The molecule has 2 aromatic carbocycles. The molecule has 1 aliphatic heterocycles. The summed E-state index contributed by atoms with van der Waals surface area (Å²) >= 11 is 0. The van der Waals surface area contributed by atoms with E-state index in [-0.39, 0.29) is 24.2 Å². The molecule has 7 nitrogen and oxygen atoms in total. The first-order valence-electron chi connectivity index (χ1n) is 9.58. The summed E-state index contributed by atoms with van der Waals surface area (Å²) in [6, 6.07) is 8.97. The summed E-state index contributed by atoms with van der Waals surface area (Å²) in [5.74, 6) is 1.76. The Morgan fingerprint density at radius 3 is 2.79 bits per heavy atom. The van der Waals surface area contributed by atoms with Crippen LogP contribution in [0.2, 0.25) is 0 Å². The van der Waals surface area contributed by atoms with Crippen LogP contribution in [0.25, 0.3) is 0 Å². The summed E-state index contributed by atoms with van der Waals surface area (Å²) in [5, 5.41) is 33.2. The fraction of sp³-hybridized carbons (Fsp3) is 0.429. The second-order valence-corrected chi connectivity index (χ2v) is 7.17. The van der Waals surface area contributed by atoms with Gasteiger partial charge in [-0.15, -0.1) is 0 Å². The number of nitrogens with one attached hydrogen (secondary N) is 1. The third-order valence-corrected chi connectivity index (χ3v) is 5.06. The maximum absolute atomic E-state index is 10.2. The third-order valence-electron chi connectivity index (χ3n) is 5.06. The highest BCUT2D eigenvalue weighted by molar-refractivity contribution is 5.57. The van der Waals surface area contributed by atoms with Crippen molar-refractivity contribution in [3.05, 3.63) is 41.5 Å². The monoisotopic (exact) mass is 387 g/mol. The summed E-state index contributed by atoms with van der Waals surface area (Å²) in [5.41, 5.74) is 1.67. The number of hydrogen-bond donors (Lipinski definition) is 4. The zero-order chi connectivity index (χ0) is 19.5. The zero-order valence-electron chi connectivity index (χ0n) is 15.6. The molecular weight excluding hydrogens is 362 g/mol. The van der Waals surface area contributed by atoms with Gasteiger partial charge in [0, 0.05) is 30.3 Å². The van der Waals surface area contributed by atoms with Gasteiger partial charge in [0.05, 0.1) is 0 Å². The van der Waals surface area contributed by atoms with Crippen LogP contribution in [-0.2, 0) is 12.8 Å². The molecule has 2 aromatic rings. The Hall–Kier alpha value is -2.64. The van der Waals surface area contributed by atoms with Gasteiger partial charge in [-0.2, -0.15) is 0 Å². The van der Waals surface area contributed by atoms with Crippen molar-refractivity contribution in [2.75, 3.05) is 26.3 Å². The molecule has 1 heterocycles. The zero-order valence-corrected chi connectivity index (χ0v) is 15.6. The molecule has 1 aliphatic carbocycles. The maximum Gasteiger partial charge on any atom is 0.161 e. The SMILES string of the molecule is Oc1cc(OCC(O)CNCC2COc3ccccc3O2)c2c(c1O)CCC2. The van der Waals surface area contributed by atoms with Gasteiger partial charge in [0.2, 0.25) is 0 Å². The van der Waals surface area contributed by atoms with Gasteiger partial charge in [-0.05, 0) is 31.4 Å². The fourth-order valence-corrected chi connectivity index (χ4v) is 3.66. The lowest BCUT2D eigenvalue weighted by molar-refractivity contribution is 0.0776. The molecule has 2 aliphatic rings. The van der Waals surface area contributed by atoms with E-state index in [1.54, 1.807) is 0 Å². The van der Waals surface area contributed by atoms with Crippen molar-refractivity contribution in [3.63, 3.8) is 0 Å². The predicted octanol–water partition coefficient (Wildman–Crippen LogP) is 1.76. The van der Waals surface area contributed by atoms with Crippen molar-refractivity contribution in [2.24, 2.45) is 0 Å². The van der Waals surface area contributed by atoms with E-state index in [0.29, 0.717) is 25.4 Å². The number of aliphatic hydroxyl groups excluding tert-OH is 1. The first-order chi connectivity index (χ1) is 13.6. The minimum absolute atomic E-state index is 0.0571. The Balaban J connectivity index is 1.23. The number of phenolic OH excluding ortho intramolecular Hbond substituents is 2. The van der Waals surface area contributed by atoms with E-state index in [1.807, 2.05) is 24.3 Å². The number of rotatable bonds is 7. The Morgan fingerprint density at radius 1 is 1.14 bits per heavy atom. The standard InChI is InChI=1S/C21H25NO6/c23-13(9-22-10-14-12-27-18-6-1-2-7-19(18)28-14)11-26-20-8-17(24)21(25)16-5-3-4-15(16)20/h1-2,6-8,13-14,22-25H,3-5,9-12H2. The number of ether oxygens (including phenoxy) is 3. The number of phenols is 2. The molecule has 2 unspecified atom stereocenters. The number of fused-ring (bicyclic) bond motifs is 2. The van der Waals surface area contributed by atoms with Gasteiger partial charge in [-0.1, -0.05) is 12.1 Å². The smallest absolute Gasteiger partial charge is 0.161 e. The summed E-state index contributed by atoms with van der Waals surface area (Å²) in [7, 11) is 0. The van der Waals surface area contributed by atoms with Gasteiger partial charge in [0.15, 0.2) is 23.0 Å². The second-order valence-electron chi connectivity index (χ2n) is 7.17. The lowest BCUT2D eigenvalue weighted by Gasteiger charge is -2.27. The average molecular weight is 387 g/mol. The van der Waals surface area contributed by atoms with Crippen LogP contribution in [0, 0.1) is 0 Å². The van der Waals surface area contributed by atoms with E-state index in [0.717, 1.165) is 41.9 Å². The van der Waals surface area contributed by atoms with E-state index < -0.39 is 6.10 Å². The molecule has 4 N–H and O–H groups in total. The molecule has 0 amide bonds. The molecule has 0 radical (unpaired) electrons. The minimum Gasteiger partial charge on any atom is -0.504 e. The minimum atomic E-state index is -0.718. The van der Waals surface area contributed by atoms with Crippen molar-refractivity contribution < 1.29 is 29.5 Å². The van der Waals surface area contributed by atoms with Crippen LogP contribution in [0.5, 0.6) is 28.7 Å². The summed E-state index contributed by atoms with van der Waals surface area (Å²) < 4.78 is 17.3. The third kappa shape index (κ3) is 3.95.